The Morgan fingerprint density at radius 2 is 1.74 bits per heavy atom. The van der Waals surface area contributed by atoms with Gasteiger partial charge in [0.15, 0.2) is 11.5 Å². The van der Waals surface area contributed by atoms with Crippen molar-refractivity contribution in [3.05, 3.63) is 64.1 Å². The van der Waals surface area contributed by atoms with Gasteiger partial charge < -0.3 is 19.3 Å². The third-order valence-electron chi connectivity index (χ3n) is 3.68. The Balaban J connectivity index is 2.05. The summed E-state index contributed by atoms with van der Waals surface area (Å²) in [5.74, 6) is -0.955. The maximum atomic E-state index is 12.0. The number of carbonyl (C=O) groups excluding carboxylic acids is 1. The number of rotatable bonds is 8. The maximum Gasteiger partial charge on any atom is 0.345 e. The van der Waals surface area contributed by atoms with Gasteiger partial charge in [-0.1, -0.05) is 34.1 Å². The van der Waals surface area contributed by atoms with Crippen LogP contribution in [0.1, 0.15) is 11.1 Å². The Bertz CT molecular complexity index is 829. The summed E-state index contributed by atoms with van der Waals surface area (Å²) >= 11 is 3.33. The van der Waals surface area contributed by atoms with Crippen LogP contribution in [0, 0.1) is 0 Å². The third-order valence-corrected chi connectivity index (χ3v) is 4.21. The second-order valence-corrected chi connectivity index (χ2v) is 6.46. The average molecular weight is 435 g/mol. The lowest BCUT2D eigenvalue weighted by Crippen LogP contribution is -2.28. The van der Waals surface area contributed by atoms with Gasteiger partial charge in [-0.2, -0.15) is 0 Å². The summed E-state index contributed by atoms with van der Waals surface area (Å²) in [5, 5.41) is 9.36. The lowest BCUT2D eigenvalue weighted by atomic mass is 10.1. The minimum absolute atomic E-state index is 0.00749. The van der Waals surface area contributed by atoms with Crippen LogP contribution < -0.4 is 9.47 Å². The molecule has 0 spiro atoms. The van der Waals surface area contributed by atoms with Crippen LogP contribution in [-0.4, -0.2) is 37.4 Å². The van der Waals surface area contributed by atoms with E-state index in [0.717, 1.165) is 10.0 Å². The van der Waals surface area contributed by atoms with E-state index in [1.807, 2.05) is 24.3 Å². The summed E-state index contributed by atoms with van der Waals surface area (Å²) in [4.78, 5) is 23.5. The number of hydrogen-bond donors (Lipinski definition) is 1. The highest BCUT2D eigenvalue weighted by Crippen LogP contribution is 2.28. The first-order valence-corrected chi connectivity index (χ1v) is 8.80. The molecule has 2 aromatic carbocycles. The van der Waals surface area contributed by atoms with Crippen molar-refractivity contribution in [2.24, 2.45) is 0 Å². The van der Waals surface area contributed by atoms with Gasteiger partial charge in [-0.15, -0.1) is 0 Å². The first-order valence-electron chi connectivity index (χ1n) is 8.01. The molecule has 0 aliphatic rings. The fraction of sp³-hybridized carbons (Fsp3) is 0.200. The van der Waals surface area contributed by atoms with Crippen LogP contribution in [0.5, 0.6) is 11.5 Å². The number of carboxylic acid groups (broad SMARTS) is 1. The molecule has 0 aliphatic heterocycles. The summed E-state index contributed by atoms with van der Waals surface area (Å²) in [7, 11) is 3.00. The predicted molar refractivity (Wildman–Crippen MR) is 104 cm³/mol. The van der Waals surface area contributed by atoms with Gasteiger partial charge in [0.2, 0.25) is 6.10 Å². The van der Waals surface area contributed by atoms with E-state index in [2.05, 4.69) is 15.9 Å². The number of aliphatic carboxylic acids is 1. The highest BCUT2D eigenvalue weighted by atomic mass is 79.9. The van der Waals surface area contributed by atoms with Gasteiger partial charge in [-0.05, 0) is 41.5 Å². The van der Waals surface area contributed by atoms with Crippen LogP contribution in [0.2, 0.25) is 0 Å². The second kappa shape index (κ2) is 9.78. The van der Waals surface area contributed by atoms with E-state index in [1.165, 1.54) is 20.3 Å². The van der Waals surface area contributed by atoms with Crippen LogP contribution in [-0.2, 0) is 20.7 Å². The van der Waals surface area contributed by atoms with Crippen LogP contribution in [0.15, 0.2) is 53.0 Å². The minimum Gasteiger partial charge on any atom is -0.493 e. The summed E-state index contributed by atoms with van der Waals surface area (Å²) in [6, 6.07) is 12.3. The minimum atomic E-state index is -1.31. The van der Waals surface area contributed by atoms with Crippen molar-refractivity contribution in [1.29, 1.82) is 0 Å². The lowest BCUT2D eigenvalue weighted by Gasteiger charge is -2.14. The largest absolute Gasteiger partial charge is 0.493 e. The molecule has 0 bridgehead atoms. The molecule has 2 rings (SSSR count). The molecule has 2 aromatic rings. The molecule has 0 saturated carbocycles. The van der Waals surface area contributed by atoms with Crippen molar-refractivity contribution < 1.29 is 28.9 Å². The topological polar surface area (TPSA) is 82.1 Å². The highest BCUT2D eigenvalue weighted by molar-refractivity contribution is 9.10. The number of ether oxygens (including phenoxy) is 3. The van der Waals surface area contributed by atoms with Crippen molar-refractivity contribution in [3.63, 3.8) is 0 Å². The number of halogens is 1. The predicted octanol–water partition coefficient (Wildman–Crippen LogP) is 3.72. The van der Waals surface area contributed by atoms with Gasteiger partial charge >= 0.3 is 11.9 Å². The summed E-state index contributed by atoms with van der Waals surface area (Å²) in [6.45, 7) is 0. The number of benzene rings is 2. The summed E-state index contributed by atoms with van der Waals surface area (Å²) < 4.78 is 16.4. The molecule has 27 heavy (non-hydrogen) atoms. The van der Waals surface area contributed by atoms with Gasteiger partial charge in [-0.3, -0.25) is 0 Å². The molecule has 1 unspecified atom stereocenters. The fourth-order valence-corrected chi connectivity index (χ4v) is 2.58. The Morgan fingerprint density at radius 1 is 1.07 bits per heavy atom. The van der Waals surface area contributed by atoms with E-state index < -0.39 is 18.0 Å². The number of esters is 1. The van der Waals surface area contributed by atoms with Crippen molar-refractivity contribution in [3.8, 4) is 11.5 Å². The monoisotopic (exact) mass is 434 g/mol. The van der Waals surface area contributed by atoms with Crippen molar-refractivity contribution >= 4 is 33.9 Å². The van der Waals surface area contributed by atoms with Crippen LogP contribution >= 0.6 is 15.9 Å². The quantitative estimate of drug-likeness (QED) is 0.503. The van der Waals surface area contributed by atoms with Gasteiger partial charge in [0.25, 0.3) is 0 Å². The van der Waals surface area contributed by atoms with E-state index >= 15 is 0 Å². The molecular weight excluding hydrogens is 416 g/mol. The molecule has 0 radical (unpaired) electrons. The summed E-state index contributed by atoms with van der Waals surface area (Å²) in [6.07, 6.45) is 1.45. The Kier molecular flexibility index (Phi) is 7.43. The zero-order valence-electron chi connectivity index (χ0n) is 14.8. The number of methoxy groups -OCH3 is 2. The Labute approximate surface area is 165 Å². The van der Waals surface area contributed by atoms with Crippen molar-refractivity contribution in [1.82, 2.24) is 0 Å². The number of hydrogen-bond acceptors (Lipinski definition) is 5. The van der Waals surface area contributed by atoms with E-state index in [4.69, 9.17) is 14.2 Å². The second-order valence-electron chi connectivity index (χ2n) is 5.54. The molecule has 6 nitrogen and oxygen atoms in total. The number of carbonyl (C=O) groups is 2. The summed E-state index contributed by atoms with van der Waals surface area (Å²) in [5.41, 5.74) is 1.44. The van der Waals surface area contributed by atoms with Crippen LogP contribution in [0.25, 0.3) is 6.08 Å². The molecule has 1 atom stereocenters. The Morgan fingerprint density at radius 3 is 2.33 bits per heavy atom. The SMILES string of the molecule is COc1ccc(CC(OC(=O)/C=C/c2ccc(Br)cc2)C(=O)O)cc1OC. The van der Waals surface area contributed by atoms with Crippen molar-refractivity contribution in [2.45, 2.75) is 12.5 Å². The van der Waals surface area contributed by atoms with E-state index in [1.54, 1.807) is 24.3 Å². The van der Waals surface area contributed by atoms with Crippen LogP contribution in [0.3, 0.4) is 0 Å². The lowest BCUT2D eigenvalue weighted by molar-refractivity contribution is -0.160. The van der Waals surface area contributed by atoms with E-state index in [9.17, 15) is 14.7 Å². The molecule has 142 valence electrons. The molecule has 0 amide bonds. The van der Waals surface area contributed by atoms with Crippen LogP contribution in [0.4, 0.5) is 0 Å². The maximum absolute atomic E-state index is 12.0. The first-order chi connectivity index (χ1) is 12.9. The highest BCUT2D eigenvalue weighted by Gasteiger charge is 2.22. The molecule has 7 heteroatoms. The molecule has 1 N–H and O–H groups in total. The fourth-order valence-electron chi connectivity index (χ4n) is 2.32. The zero-order chi connectivity index (χ0) is 19.8. The van der Waals surface area contributed by atoms with Gasteiger partial charge in [-0.25, -0.2) is 9.59 Å². The molecule has 0 heterocycles. The average Bonchev–Trinajstić information content (AvgIpc) is 2.66. The van der Waals surface area contributed by atoms with E-state index in [0.29, 0.717) is 17.1 Å². The smallest absolute Gasteiger partial charge is 0.345 e. The molecule has 0 saturated heterocycles. The standard InChI is InChI=1S/C20H19BrO6/c1-25-16-9-5-14(11-17(16)26-2)12-18(20(23)24)27-19(22)10-6-13-3-7-15(21)8-4-13/h3-11,18H,12H2,1-2H3,(H,23,24)/b10-6+. The molecule has 0 aliphatic carbocycles. The van der Waals surface area contributed by atoms with Crippen molar-refractivity contribution in [2.75, 3.05) is 14.2 Å². The molecule has 0 aromatic heterocycles. The number of carboxylic acids is 1. The van der Waals surface area contributed by atoms with Gasteiger partial charge in [0, 0.05) is 17.0 Å². The zero-order valence-corrected chi connectivity index (χ0v) is 16.4. The molecular formula is C20H19BrO6. The van der Waals surface area contributed by atoms with Gasteiger partial charge in [0.05, 0.1) is 14.2 Å². The first kappa shape index (κ1) is 20.5. The third kappa shape index (κ3) is 6.14. The molecule has 0 fully saturated rings. The van der Waals surface area contributed by atoms with Gasteiger partial charge in [0.1, 0.15) is 0 Å². The normalized spacial score (nSPS) is 11.8. The Hall–Kier alpha value is -2.80. The van der Waals surface area contributed by atoms with E-state index in [-0.39, 0.29) is 6.42 Å².